The molecule has 7 nitrogen and oxygen atoms in total. The van der Waals surface area contributed by atoms with Crippen LogP contribution in [-0.2, 0) is 24.3 Å². The summed E-state index contributed by atoms with van der Waals surface area (Å²) in [5.41, 5.74) is 3.42. The summed E-state index contributed by atoms with van der Waals surface area (Å²) in [4.78, 5) is 28.1. The van der Waals surface area contributed by atoms with Crippen molar-refractivity contribution in [1.29, 1.82) is 0 Å². The van der Waals surface area contributed by atoms with E-state index in [1.54, 1.807) is 27.7 Å². The molecule has 0 aliphatic carbocycles. The molecular weight excluding hydrogens is 435 g/mol. The molecule has 4 aromatic rings. The van der Waals surface area contributed by atoms with Crippen molar-refractivity contribution < 1.29 is 4.79 Å². The first-order chi connectivity index (χ1) is 14.9. The summed E-state index contributed by atoms with van der Waals surface area (Å²) in [5.74, 6) is 0.787. The van der Waals surface area contributed by atoms with Crippen LogP contribution in [0, 0.1) is 13.8 Å². The number of rotatable bonds is 6. The first-order valence-electron chi connectivity index (χ1n) is 9.70. The lowest BCUT2D eigenvalue weighted by molar-refractivity contribution is -0.131. The van der Waals surface area contributed by atoms with Gasteiger partial charge in [-0.2, -0.15) is 4.98 Å². The maximum atomic E-state index is 13.2. The summed E-state index contributed by atoms with van der Waals surface area (Å²) in [6.07, 6.45) is 1.76. The summed E-state index contributed by atoms with van der Waals surface area (Å²) in [7, 11) is 0. The largest absolute Gasteiger partial charge is 0.332 e. The van der Waals surface area contributed by atoms with Gasteiger partial charge in [0.15, 0.2) is 5.82 Å². The third kappa shape index (κ3) is 5.00. The van der Waals surface area contributed by atoms with Crippen LogP contribution in [0.2, 0.25) is 10.0 Å². The van der Waals surface area contributed by atoms with Gasteiger partial charge in [-0.3, -0.25) is 9.78 Å². The fourth-order valence-electron chi connectivity index (χ4n) is 3.31. The summed E-state index contributed by atoms with van der Waals surface area (Å²) >= 11 is 12.2. The Balaban J connectivity index is 1.59. The Morgan fingerprint density at radius 2 is 1.87 bits per heavy atom. The molecule has 0 bridgehead atoms. The van der Waals surface area contributed by atoms with Crippen LogP contribution in [0.5, 0.6) is 0 Å². The fourth-order valence-corrected chi connectivity index (χ4v) is 3.63. The van der Waals surface area contributed by atoms with Gasteiger partial charge in [-0.05, 0) is 49.7 Å². The second-order valence-electron chi connectivity index (χ2n) is 7.27. The van der Waals surface area contributed by atoms with Crippen molar-refractivity contribution in [1.82, 2.24) is 29.5 Å². The average molecular weight is 455 g/mol. The molecule has 3 heterocycles. The minimum absolute atomic E-state index is 0.0516. The molecule has 0 N–H and O–H groups in total. The lowest BCUT2D eigenvalue weighted by Gasteiger charge is -2.22. The van der Waals surface area contributed by atoms with Crippen LogP contribution in [-0.4, -0.2) is 35.4 Å². The highest BCUT2D eigenvalue weighted by Gasteiger charge is 2.19. The average Bonchev–Trinajstić information content (AvgIpc) is 3.13. The van der Waals surface area contributed by atoms with Crippen molar-refractivity contribution in [3.63, 3.8) is 0 Å². The maximum Gasteiger partial charge on any atom is 0.252 e. The van der Waals surface area contributed by atoms with Crippen LogP contribution >= 0.6 is 23.2 Å². The number of benzene rings is 1. The molecule has 0 saturated heterocycles. The zero-order valence-corrected chi connectivity index (χ0v) is 18.6. The van der Waals surface area contributed by atoms with Crippen molar-refractivity contribution in [2.75, 3.05) is 0 Å². The number of carbonyl (C=O) groups is 1. The molecule has 4 rings (SSSR count). The van der Waals surface area contributed by atoms with E-state index in [1.165, 1.54) is 0 Å². The zero-order chi connectivity index (χ0) is 22.0. The number of nitrogens with zero attached hydrogens (tertiary/aromatic N) is 6. The Hall–Kier alpha value is -3.03. The van der Waals surface area contributed by atoms with Crippen molar-refractivity contribution in [2.45, 2.75) is 33.4 Å². The van der Waals surface area contributed by atoms with Crippen molar-refractivity contribution >= 4 is 34.9 Å². The third-order valence-electron chi connectivity index (χ3n) is 4.76. The number of aromatic nitrogens is 5. The summed E-state index contributed by atoms with van der Waals surface area (Å²) in [5, 5.41) is 5.38. The van der Waals surface area contributed by atoms with E-state index in [4.69, 9.17) is 23.2 Å². The molecule has 0 atom stereocenters. The van der Waals surface area contributed by atoms with Crippen LogP contribution < -0.4 is 0 Å². The van der Waals surface area contributed by atoms with Crippen molar-refractivity contribution in [3.8, 4) is 0 Å². The van der Waals surface area contributed by atoms with Crippen molar-refractivity contribution in [2.24, 2.45) is 0 Å². The molecule has 0 radical (unpaired) electrons. The Labute approximate surface area is 189 Å². The standard InChI is InChI=1S/C22H20Cl2N6O/c1-14-9-15(2)30-22(26-14)27-20(28-30)11-21(31)29(13-17-5-3-4-8-25-17)12-16-6-7-18(23)19(24)10-16/h3-10H,11-13H2,1-2H3. The molecule has 9 heteroatoms. The lowest BCUT2D eigenvalue weighted by Crippen LogP contribution is -2.32. The molecular formula is C22H20Cl2N6O. The molecule has 0 aliphatic heterocycles. The van der Waals surface area contributed by atoms with Gasteiger partial charge in [0.1, 0.15) is 0 Å². The summed E-state index contributed by atoms with van der Waals surface area (Å²) < 4.78 is 1.65. The van der Waals surface area contributed by atoms with Crippen LogP contribution in [0.25, 0.3) is 5.78 Å². The molecule has 0 saturated carbocycles. The number of fused-ring (bicyclic) bond motifs is 1. The molecule has 3 aromatic heterocycles. The molecule has 1 aromatic carbocycles. The number of amides is 1. The number of pyridine rings is 1. The first kappa shape index (κ1) is 21.2. The number of halogens is 2. The molecule has 0 aliphatic rings. The monoisotopic (exact) mass is 454 g/mol. The van der Waals surface area contributed by atoms with E-state index in [1.807, 2.05) is 44.2 Å². The van der Waals surface area contributed by atoms with Gasteiger partial charge in [0.05, 0.1) is 28.7 Å². The number of aryl methyl sites for hydroxylation is 2. The highest BCUT2D eigenvalue weighted by Crippen LogP contribution is 2.23. The number of hydrogen-bond acceptors (Lipinski definition) is 5. The van der Waals surface area contributed by atoms with Crippen molar-refractivity contribution in [3.05, 3.63) is 87.2 Å². The number of hydrogen-bond donors (Lipinski definition) is 0. The van der Waals surface area contributed by atoms with E-state index >= 15 is 0 Å². The van der Waals surface area contributed by atoms with Gasteiger partial charge in [-0.25, -0.2) is 9.50 Å². The zero-order valence-electron chi connectivity index (χ0n) is 17.1. The highest BCUT2D eigenvalue weighted by molar-refractivity contribution is 6.42. The molecule has 31 heavy (non-hydrogen) atoms. The second-order valence-corrected chi connectivity index (χ2v) is 8.09. The van der Waals surface area contributed by atoms with Crippen LogP contribution in [0.3, 0.4) is 0 Å². The van der Waals surface area contributed by atoms with Gasteiger partial charge in [0.2, 0.25) is 5.91 Å². The van der Waals surface area contributed by atoms with E-state index < -0.39 is 0 Å². The van der Waals surface area contributed by atoms with Gasteiger partial charge in [-0.15, -0.1) is 5.10 Å². The second kappa shape index (κ2) is 8.99. The Morgan fingerprint density at radius 3 is 2.61 bits per heavy atom. The minimum Gasteiger partial charge on any atom is -0.332 e. The number of carbonyl (C=O) groups excluding carboxylic acids is 1. The summed E-state index contributed by atoms with van der Waals surface area (Å²) in [6, 6.07) is 12.9. The van der Waals surface area contributed by atoms with E-state index in [2.05, 4.69) is 20.1 Å². The topological polar surface area (TPSA) is 76.3 Å². The Bertz CT molecular complexity index is 1240. The SMILES string of the molecule is Cc1cc(C)n2nc(CC(=O)N(Cc3ccc(Cl)c(Cl)c3)Cc3ccccn3)nc2n1. The van der Waals surface area contributed by atoms with E-state index in [9.17, 15) is 4.79 Å². The normalized spacial score (nSPS) is 11.1. The van der Waals surface area contributed by atoms with E-state index in [0.29, 0.717) is 34.7 Å². The van der Waals surface area contributed by atoms with Crippen LogP contribution in [0.15, 0.2) is 48.7 Å². The molecule has 0 unspecified atom stereocenters. The molecule has 158 valence electrons. The Morgan fingerprint density at radius 1 is 1.03 bits per heavy atom. The maximum absolute atomic E-state index is 13.2. The third-order valence-corrected chi connectivity index (χ3v) is 5.50. The molecule has 1 amide bonds. The molecule has 0 spiro atoms. The first-order valence-corrected chi connectivity index (χ1v) is 10.5. The smallest absolute Gasteiger partial charge is 0.252 e. The van der Waals surface area contributed by atoms with E-state index in [0.717, 1.165) is 22.6 Å². The quantitative estimate of drug-likeness (QED) is 0.435. The van der Waals surface area contributed by atoms with Gasteiger partial charge < -0.3 is 4.90 Å². The predicted molar refractivity (Wildman–Crippen MR) is 119 cm³/mol. The summed E-state index contributed by atoms with van der Waals surface area (Å²) in [6.45, 7) is 4.54. The van der Waals surface area contributed by atoms with E-state index in [-0.39, 0.29) is 12.3 Å². The molecule has 0 fully saturated rings. The van der Waals surface area contributed by atoms with Gasteiger partial charge in [0.25, 0.3) is 5.78 Å². The highest BCUT2D eigenvalue weighted by atomic mass is 35.5. The fraction of sp³-hybridized carbons (Fsp3) is 0.227. The van der Waals surface area contributed by atoms with Gasteiger partial charge >= 0.3 is 0 Å². The lowest BCUT2D eigenvalue weighted by atomic mass is 10.2. The van der Waals surface area contributed by atoms with Gasteiger partial charge in [-0.1, -0.05) is 35.3 Å². The Kier molecular flexibility index (Phi) is 6.15. The minimum atomic E-state index is -0.123. The van der Waals surface area contributed by atoms with Gasteiger partial charge in [0, 0.05) is 24.1 Å². The van der Waals surface area contributed by atoms with Crippen LogP contribution in [0.1, 0.15) is 28.5 Å². The van der Waals surface area contributed by atoms with Crippen LogP contribution in [0.4, 0.5) is 0 Å². The predicted octanol–water partition coefficient (Wildman–Crippen LogP) is 4.21.